The number of Topliss-reactive ketones (excluding diaryl/α,β-unsaturated/α-hetero) is 2. The highest BCUT2D eigenvalue weighted by molar-refractivity contribution is 6.12. The lowest BCUT2D eigenvalue weighted by atomic mass is 9.83. The lowest BCUT2D eigenvalue weighted by Gasteiger charge is -2.17. The molecule has 0 saturated heterocycles. The van der Waals surface area contributed by atoms with Crippen LogP contribution in [-0.2, 0) is 9.59 Å². The number of rotatable bonds is 5. The summed E-state index contributed by atoms with van der Waals surface area (Å²) in [7, 11) is 3.17. The van der Waals surface area contributed by atoms with Crippen LogP contribution in [0.25, 0.3) is 6.08 Å². The second-order valence-corrected chi connectivity index (χ2v) is 5.40. The maximum Gasteiger partial charge on any atom is 0.161 e. The summed E-state index contributed by atoms with van der Waals surface area (Å²) in [4.78, 5) is 23.7. The number of carbonyl (C=O) groups is 2. The van der Waals surface area contributed by atoms with Gasteiger partial charge in [-0.15, -0.1) is 0 Å². The van der Waals surface area contributed by atoms with Gasteiger partial charge in [-0.05, 0) is 31.0 Å². The summed E-state index contributed by atoms with van der Waals surface area (Å²) >= 11 is 0. The predicted octanol–water partition coefficient (Wildman–Crippen LogP) is 3.05. The Labute approximate surface area is 124 Å². The SMILES string of the molecule is COc1ccc(/C=C/CC2(C)C(=O)CCC2=O)cc1OC. The average Bonchev–Trinajstić information content (AvgIpc) is 2.75. The summed E-state index contributed by atoms with van der Waals surface area (Å²) in [6.45, 7) is 1.74. The summed E-state index contributed by atoms with van der Waals surface area (Å²) < 4.78 is 10.4. The highest BCUT2D eigenvalue weighted by Gasteiger charge is 2.43. The minimum absolute atomic E-state index is 0.0458. The second-order valence-electron chi connectivity index (χ2n) is 5.40. The molecule has 0 amide bonds. The minimum Gasteiger partial charge on any atom is -0.493 e. The van der Waals surface area contributed by atoms with Crippen LogP contribution in [-0.4, -0.2) is 25.8 Å². The summed E-state index contributed by atoms with van der Waals surface area (Å²) in [5, 5.41) is 0. The summed E-state index contributed by atoms with van der Waals surface area (Å²) in [6, 6.07) is 5.58. The zero-order chi connectivity index (χ0) is 15.5. The van der Waals surface area contributed by atoms with Gasteiger partial charge in [0.15, 0.2) is 11.5 Å². The van der Waals surface area contributed by atoms with E-state index in [1.54, 1.807) is 21.1 Å². The Morgan fingerprint density at radius 2 is 1.71 bits per heavy atom. The van der Waals surface area contributed by atoms with Crippen LogP contribution in [0, 0.1) is 5.41 Å². The van der Waals surface area contributed by atoms with Gasteiger partial charge in [0.2, 0.25) is 0 Å². The third kappa shape index (κ3) is 2.99. The molecule has 1 aromatic carbocycles. The van der Waals surface area contributed by atoms with Crippen molar-refractivity contribution in [1.82, 2.24) is 0 Å². The zero-order valence-corrected chi connectivity index (χ0v) is 12.6. The van der Waals surface area contributed by atoms with Crippen molar-refractivity contribution in [3.8, 4) is 11.5 Å². The number of methoxy groups -OCH3 is 2. The molecule has 0 radical (unpaired) electrons. The van der Waals surface area contributed by atoms with Crippen molar-refractivity contribution in [3.63, 3.8) is 0 Å². The molecule has 112 valence electrons. The quantitative estimate of drug-likeness (QED) is 0.781. The Balaban J connectivity index is 2.11. The Kier molecular flexibility index (Phi) is 4.46. The van der Waals surface area contributed by atoms with E-state index in [1.807, 2.05) is 30.4 Å². The molecule has 0 aromatic heterocycles. The van der Waals surface area contributed by atoms with Crippen LogP contribution in [0.2, 0.25) is 0 Å². The summed E-state index contributed by atoms with van der Waals surface area (Å²) in [6.07, 6.45) is 4.96. The van der Waals surface area contributed by atoms with Crippen LogP contribution in [0.3, 0.4) is 0 Å². The molecule has 0 aliphatic heterocycles. The average molecular weight is 288 g/mol. The number of ether oxygens (including phenoxy) is 2. The molecular formula is C17H20O4. The van der Waals surface area contributed by atoms with Crippen molar-refractivity contribution in [1.29, 1.82) is 0 Å². The Morgan fingerprint density at radius 1 is 1.10 bits per heavy atom. The van der Waals surface area contributed by atoms with Crippen LogP contribution in [0.5, 0.6) is 11.5 Å². The third-order valence-corrected chi connectivity index (χ3v) is 4.05. The van der Waals surface area contributed by atoms with Gasteiger partial charge in [0.05, 0.1) is 19.6 Å². The molecule has 0 unspecified atom stereocenters. The Morgan fingerprint density at radius 3 is 2.29 bits per heavy atom. The van der Waals surface area contributed by atoms with Gasteiger partial charge >= 0.3 is 0 Å². The van der Waals surface area contributed by atoms with E-state index < -0.39 is 5.41 Å². The minimum atomic E-state index is -0.840. The maximum atomic E-state index is 11.8. The van der Waals surface area contributed by atoms with Crippen molar-refractivity contribution in [2.45, 2.75) is 26.2 Å². The monoisotopic (exact) mass is 288 g/mol. The lowest BCUT2D eigenvalue weighted by molar-refractivity contribution is -0.133. The zero-order valence-electron chi connectivity index (χ0n) is 12.6. The molecule has 0 heterocycles. The Bertz CT molecular complexity index is 570. The van der Waals surface area contributed by atoms with Crippen molar-refractivity contribution < 1.29 is 19.1 Å². The predicted molar refractivity (Wildman–Crippen MR) is 80.6 cm³/mol. The molecule has 1 aliphatic carbocycles. The van der Waals surface area contributed by atoms with Gasteiger partial charge in [0.25, 0.3) is 0 Å². The van der Waals surface area contributed by atoms with Crippen molar-refractivity contribution in [2.75, 3.05) is 14.2 Å². The van der Waals surface area contributed by atoms with Crippen LogP contribution < -0.4 is 9.47 Å². The highest BCUT2D eigenvalue weighted by atomic mass is 16.5. The van der Waals surface area contributed by atoms with Crippen LogP contribution in [0.4, 0.5) is 0 Å². The summed E-state index contributed by atoms with van der Waals surface area (Å²) in [5.74, 6) is 1.41. The third-order valence-electron chi connectivity index (χ3n) is 4.05. The molecule has 0 bridgehead atoms. The molecule has 21 heavy (non-hydrogen) atoms. The largest absolute Gasteiger partial charge is 0.493 e. The van der Waals surface area contributed by atoms with Gasteiger partial charge in [0.1, 0.15) is 11.6 Å². The van der Waals surface area contributed by atoms with E-state index >= 15 is 0 Å². The number of ketones is 2. The molecule has 4 nitrogen and oxygen atoms in total. The Hall–Kier alpha value is -2.10. The molecular weight excluding hydrogens is 268 g/mol. The highest BCUT2D eigenvalue weighted by Crippen LogP contribution is 2.35. The number of hydrogen-bond acceptors (Lipinski definition) is 4. The van der Waals surface area contributed by atoms with E-state index in [1.165, 1.54) is 0 Å². The fourth-order valence-corrected chi connectivity index (χ4v) is 2.55. The molecule has 0 spiro atoms. The number of benzene rings is 1. The van der Waals surface area contributed by atoms with Crippen LogP contribution in [0.15, 0.2) is 24.3 Å². The standard InChI is InChI=1S/C17H20O4/c1-17(15(18)8-9-16(17)19)10-4-5-12-6-7-13(20-2)14(11-12)21-3/h4-7,11H,8-10H2,1-3H3/b5-4+. The second kappa shape index (κ2) is 6.12. The molecule has 2 rings (SSSR count). The van der Waals surface area contributed by atoms with Crippen molar-refractivity contribution >= 4 is 17.6 Å². The van der Waals surface area contributed by atoms with E-state index in [4.69, 9.17) is 9.47 Å². The van der Waals surface area contributed by atoms with Gasteiger partial charge in [-0.3, -0.25) is 9.59 Å². The van der Waals surface area contributed by atoms with E-state index in [0.29, 0.717) is 30.8 Å². The summed E-state index contributed by atoms with van der Waals surface area (Å²) in [5.41, 5.74) is 0.0988. The first kappa shape index (κ1) is 15.3. The number of hydrogen-bond donors (Lipinski definition) is 0. The van der Waals surface area contributed by atoms with Crippen LogP contribution >= 0.6 is 0 Å². The van der Waals surface area contributed by atoms with E-state index in [0.717, 1.165) is 5.56 Å². The fourth-order valence-electron chi connectivity index (χ4n) is 2.55. The van der Waals surface area contributed by atoms with Crippen LogP contribution in [0.1, 0.15) is 31.7 Å². The lowest BCUT2D eigenvalue weighted by Crippen LogP contribution is -2.28. The maximum absolute atomic E-state index is 11.8. The van der Waals surface area contributed by atoms with Gasteiger partial charge in [-0.1, -0.05) is 18.2 Å². The van der Waals surface area contributed by atoms with Crippen molar-refractivity contribution in [3.05, 3.63) is 29.8 Å². The fraction of sp³-hybridized carbons (Fsp3) is 0.412. The number of carbonyl (C=O) groups excluding carboxylic acids is 2. The van der Waals surface area contributed by atoms with Gasteiger partial charge < -0.3 is 9.47 Å². The molecule has 1 saturated carbocycles. The van der Waals surface area contributed by atoms with E-state index in [-0.39, 0.29) is 11.6 Å². The number of allylic oxidation sites excluding steroid dienone is 1. The first-order valence-electron chi connectivity index (χ1n) is 6.96. The molecule has 0 atom stereocenters. The van der Waals surface area contributed by atoms with E-state index in [9.17, 15) is 9.59 Å². The molecule has 4 heteroatoms. The van der Waals surface area contributed by atoms with Crippen molar-refractivity contribution in [2.24, 2.45) is 5.41 Å². The molecule has 1 aromatic rings. The first-order chi connectivity index (χ1) is 10.0. The first-order valence-corrected chi connectivity index (χ1v) is 6.96. The van der Waals surface area contributed by atoms with Gasteiger partial charge in [0, 0.05) is 12.8 Å². The normalized spacial score (nSPS) is 17.5. The molecule has 1 fully saturated rings. The van der Waals surface area contributed by atoms with E-state index in [2.05, 4.69) is 0 Å². The smallest absolute Gasteiger partial charge is 0.161 e. The molecule has 0 N–H and O–H groups in total. The topological polar surface area (TPSA) is 52.6 Å². The van der Waals surface area contributed by atoms with Gasteiger partial charge in [-0.2, -0.15) is 0 Å². The van der Waals surface area contributed by atoms with Gasteiger partial charge in [-0.25, -0.2) is 0 Å². The molecule has 1 aliphatic rings.